The molecule has 0 spiro atoms. The fourth-order valence-corrected chi connectivity index (χ4v) is 7.23. The molecule has 1 aliphatic carbocycles. The predicted molar refractivity (Wildman–Crippen MR) is 182 cm³/mol. The molecule has 0 unspecified atom stereocenters. The number of rotatable bonds is 6. The lowest BCUT2D eigenvalue weighted by molar-refractivity contribution is 0.201. The molecular formula is C42H32O2. The van der Waals surface area contributed by atoms with Crippen LogP contribution in [0.2, 0.25) is 0 Å². The van der Waals surface area contributed by atoms with Crippen LogP contribution < -0.4 is 4.74 Å². The molecule has 2 heteroatoms. The Labute approximate surface area is 257 Å². The van der Waals surface area contributed by atoms with Gasteiger partial charge in [0.1, 0.15) is 12.4 Å². The van der Waals surface area contributed by atoms with Crippen molar-refractivity contribution in [3.63, 3.8) is 0 Å². The summed E-state index contributed by atoms with van der Waals surface area (Å²) in [6.07, 6.45) is 3.21. The molecule has 2 nitrogen and oxygen atoms in total. The molecule has 44 heavy (non-hydrogen) atoms. The van der Waals surface area contributed by atoms with Crippen molar-refractivity contribution < 1.29 is 9.84 Å². The minimum Gasteiger partial charge on any atom is -0.491 e. The molecular weight excluding hydrogens is 536 g/mol. The first-order valence-electron chi connectivity index (χ1n) is 15.3. The summed E-state index contributed by atoms with van der Waals surface area (Å²) < 4.78 is 6.19. The van der Waals surface area contributed by atoms with Crippen LogP contribution in [-0.2, 0) is 5.41 Å². The van der Waals surface area contributed by atoms with Crippen LogP contribution >= 0.6 is 0 Å². The summed E-state index contributed by atoms with van der Waals surface area (Å²) in [4.78, 5) is 0. The summed E-state index contributed by atoms with van der Waals surface area (Å²) in [6.45, 7) is 0.216. The Kier molecular flexibility index (Phi) is 6.51. The van der Waals surface area contributed by atoms with Crippen molar-refractivity contribution in [2.75, 3.05) is 13.2 Å². The van der Waals surface area contributed by atoms with E-state index in [1.54, 1.807) is 0 Å². The number of aliphatic hydroxyl groups excluding tert-OH is 1. The fraction of sp³-hybridized carbons (Fsp3) is 0.0952. The molecule has 0 amide bonds. The summed E-state index contributed by atoms with van der Waals surface area (Å²) >= 11 is 0. The topological polar surface area (TPSA) is 29.5 Å². The van der Waals surface area contributed by atoms with Gasteiger partial charge < -0.3 is 9.84 Å². The molecule has 0 bridgehead atoms. The third-order valence-electron chi connectivity index (χ3n) is 9.28. The van der Waals surface area contributed by atoms with Crippen molar-refractivity contribution in [3.05, 3.63) is 179 Å². The molecule has 0 fully saturated rings. The zero-order valence-electron chi connectivity index (χ0n) is 24.4. The van der Waals surface area contributed by atoms with E-state index in [9.17, 15) is 5.11 Å². The smallest absolute Gasteiger partial charge is 0.127 e. The van der Waals surface area contributed by atoms with Crippen molar-refractivity contribution in [3.8, 4) is 5.75 Å². The van der Waals surface area contributed by atoms with E-state index in [1.807, 2.05) is 6.07 Å². The second-order valence-electron chi connectivity index (χ2n) is 11.6. The van der Waals surface area contributed by atoms with Crippen molar-refractivity contribution in [2.24, 2.45) is 0 Å². The first-order chi connectivity index (χ1) is 21.8. The minimum atomic E-state index is -0.398. The van der Waals surface area contributed by atoms with Gasteiger partial charge >= 0.3 is 0 Å². The van der Waals surface area contributed by atoms with Crippen LogP contribution in [0.4, 0.5) is 0 Å². The van der Waals surface area contributed by atoms with Crippen LogP contribution in [0, 0.1) is 0 Å². The Balaban J connectivity index is 1.42. The van der Waals surface area contributed by atoms with Gasteiger partial charge in [0, 0.05) is 11.0 Å². The molecule has 0 saturated carbocycles. The number of allylic oxidation sites excluding steroid dienone is 1. The molecule has 8 rings (SSSR count). The van der Waals surface area contributed by atoms with E-state index in [1.165, 1.54) is 49.4 Å². The lowest BCUT2D eigenvalue weighted by atomic mass is 9.62. The maximum absolute atomic E-state index is 9.63. The predicted octanol–water partition coefficient (Wildman–Crippen LogP) is 9.69. The SMILES string of the molecule is OCCOc1ccc2ccccc2c1C1=CCC(c2ccc3ccccc3c2)(c2ccc3ccccc3c2)c2ccccc21. The molecule has 7 aromatic rings. The molecule has 212 valence electrons. The van der Waals surface area contributed by atoms with Gasteiger partial charge in [-0.25, -0.2) is 0 Å². The quantitative estimate of drug-likeness (QED) is 0.216. The van der Waals surface area contributed by atoms with Crippen molar-refractivity contribution >= 4 is 37.9 Å². The number of ether oxygens (including phenoxy) is 1. The highest BCUT2D eigenvalue weighted by Crippen LogP contribution is 2.52. The van der Waals surface area contributed by atoms with Crippen LogP contribution in [0.25, 0.3) is 37.9 Å². The van der Waals surface area contributed by atoms with E-state index in [-0.39, 0.29) is 13.2 Å². The maximum atomic E-state index is 9.63. The van der Waals surface area contributed by atoms with Crippen LogP contribution in [0.1, 0.15) is 34.2 Å². The minimum absolute atomic E-state index is 0.0328. The second kappa shape index (κ2) is 10.8. The second-order valence-corrected chi connectivity index (χ2v) is 11.6. The Bertz CT molecular complexity index is 2130. The lowest BCUT2D eigenvalue weighted by Crippen LogP contribution is -2.32. The molecule has 0 atom stereocenters. The number of hydrogen-bond acceptors (Lipinski definition) is 2. The average Bonchev–Trinajstić information content (AvgIpc) is 3.09. The molecule has 0 aromatic heterocycles. The Morgan fingerprint density at radius 2 is 1.14 bits per heavy atom. The third-order valence-corrected chi connectivity index (χ3v) is 9.28. The Hall–Kier alpha value is -5.18. The first-order valence-corrected chi connectivity index (χ1v) is 15.3. The highest BCUT2D eigenvalue weighted by Gasteiger charge is 2.41. The van der Waals surface area contributed by atoms with Crippen LogP contribution in [0.15, 0.2) is 152 Å². The van der Waals surface area contributed by atoms with Crippen LogP contribution in [-0.4, -0.2) is 18.3 Å². The highest BCUT2D eigenvalue weighted by atomic mass is 16.5. The number of hydrogen-bond donors (Lipinski definition) is 1. The standard InChI is InChI=1S/C42H32O2/c43-25-26-44-40-22-19-31-11-5-6-14-36(31)41(40)38-23-24-42(39-16-8-7-15-37(38)39,34-20-17-29-9-1-3-12-32(29)27-34)35-21-18-30-10-2-4-13-33(30)28-35/h1-23,27-28,43H,24-26H2. The van der Waals surface area contributed by atoms with Gasteiger partial charge in [-0.3, -0.25) is 0 Å². The van der Waals surface area contributed by atoms with Gasteiger partial charge in [0.05, 0.1) is 6.61 Å². The van der Waals surface area contributed by atoms with Crippen molar-refractivity contribution in [1.29, 1.82) is 0 Å². The zero-order valence-corrected chi connectivity index (χ0v) is 24.4. The van der Waals surface area contributed by atoms with Gasteiger partial charge in [-0.15, -0.1) is 0 Å². The van der Waals surface area contributed by atoms with Gasteiger partial charge in [-0.2, -0.15) is 0 Å². The highest BCUT2D eigenvalue weighted by molar-refractivity contribution is 6.02. The molecule has 1 N–H and O–H groups in total. The fourth-order valence-electron chi connectivity index (χ4n) is 7.23. The summed E-state index contributed by atoms with van der Waals surface area (Å²) in [5.41, 5.74) is 6.89. The van der Waals surface area contributed by atoms with E-state index in [4.69, 9.17) is 4.74 Å². The van der Waals surface area contributed by atoms with Gasteiger partial charge in [-0.05, 0) is 84.8 Å². The lowest BCUT2D eigenvalue weighted by Gasteiger charge is -2.40. The normalized spacial score (nSPS) is 14.0. The van der Waals surface area contributed by atoms with E-state index in [0.717, 1.165) is 28.5 Å². The summed E-state index contributed by atoms with van der Waals surface area (Å²) in [5.74, 6) is 0.794. The molecule has 0 saturated heterocycles. The zero-order chi connectivity index (χ0) is 29.5. The van der Waals surface area contributed by atoms with Crippen LogP contribution in [0.3, 0.4) is 0 Å². The van der Waals surface area contributed by atoms with E-state index in [2.05, 4.69) is 146 Å². The maximum Gasteiger partial charge on any atom is 0.127 e. The van der Waals surface area contributed by atoms with Gasteiger partial charge in [0.2, 0.25) is 0 Å². The summed E-state index contributed by atoms with van der Waals surface area (Å²) in [6, 6.07) is 52.7. The van der Waals surface area contributed by atoms with Crippen LogP contribution in [0.5, 0.6) is 5.75 Å². The third kappa shape index (κ3) is 4.22. The van der Waals surface area contributed by atoms with Gasteiger partial charge in [0.15, 0.2) is 0 Å². The first kappa shape index (κ1) is 26.4. The van der Waals surface area contributed by atoms with Crippen molar-refractivity contribution in [2.45, 2.75) is 11.8 Å². The average molecular weight is 569 g/mol. The van der Waals surface area contributed by atoms with E-state index in [0.29, 0.717) is 0 Å². The molecule has 0 aliphatic heterocycles. The van der Waals surface area contributed by atoms with E-state index >= 15 is 0 Å². The monoisotopic (exact) mass is 568 g/mol. The summed E-state index contributed by atoms with van der Waals surface area (Å²) in [7, 11) is 0. The van der Waals surface area contributed by atoms with Gasteiger partial charge in [-0.1, -0.05) is 133 Å². The Morgan fingerprint density at radius 1 is 0.568 bits per heavy atom. The number of fused-ring (bicyclic) bond motifs is 4. The number of benzene rings is 7. The molecule has 1 aliphatic rings. The molecule has 7 aromatic carbocycles. The van der Waals surface area contributed by atoms with Gasteiger partial charge in [0.25, 0.3) is 0 Å². The van der Waals surface area contributed by atoms with E-state index < -0.39 is 5.41 Å². The molecule has 0 radical (unpaired) electrons. The Morgan fingerprint density at radius 3 is 1.82 bits per heavy atom. The number of aliphatic hydroxyl groups is 1. The van der Waals surface area contributed by atoms with Crippen molar-refractivity contribution in [1.82, 2.24) is 0 Å². The largest absolute Gasteiger partial charge is 0.491 e. The molecule has 0 heterocycles. The summed E-state index contributed by atoms with van der Waals surface area (Å²) in [5, 5.41) is 16.9.